The maximum absolute atomic E-state index is 13.0. The standard InChI is InChI=1S/C22H31N5O3/c1-15-4-5-17-18(14-15)23-22(24-20(17)29)7-6-19(28)27(9-8-22)16(2)21(30)26-12-10-25(3)11-13-26/h4-5,14,16,23H,6-13H2,1-3H3,(H,24,29)/t16-,22-/m0/s1. The quantitative estimate of drug-likeness (QED) is 0.756. The Labute approximate surface area is 177 Å². The molecule has 2 N–H and O–H groups in total. The van der Waals surface area contributed by atoms with Crippen molar-refractivity contribution in [1.82, 2.24) is 20.0 Å². The number of likely N-dealkylation sites (tertiary alicyclic amines) is 1. The van der Waals surface area contributed by atoms with Crippen LogP contribution in [0.3, 0.4) is 0 Å². The van der Waals surface area contributed by atoms with Crippen LogP contribution < -0.4 is 10.6 Å². The SMILES string of the molecule is Cc1ccc2c(c1)N[C@@]1(CCC(=O)N([C@@H](C)C(=O)N3CCN(C)CC3)CC1)NC2=O. The largest absolute Gasteiger partial charge is 0.362 e. The minimum atomic E-state index is -0.668. The summed E-state index contributed by atoms with van der Waals surface area (Å²) >= 11 is 0. The number of piperazine rings is 1. The minimum absolute atomic E-state index is 0.00834. The molecule has 0 aromatic heterocycles. The summed E-state index contributed by atoms with van der Waals surface area (Å²) in [5.74, 6) is -0.145. The van der Waals surface area contributed by atoms with E-state index in [4.69, 9.17) is 0 Å². The molecule has 3 amide bonds. The Morgan fingerprint density at radius 3 is 2.53 bits per heavy atom. The third-order valence-electron chi connectivity index (χ3n) is 6.65. The van der Waals surface area contributed by atoms with Crippen molar-refractivity contribution < 1.29 is 14.4 Å². The number of carbonyl (C=O) groups is 3. The number of benzene rings is 1. The Balaban J connectivity index is 1.48. The van der Waals surface area contributed by atoms with E-state index < -0.39 is 11.7 Å². The average molecular weight is 414 g/mol. The molecule has 4 rings (SSSR count). The van der Waals surface area contributed by atoms with Crippen molar-refractivity contribution in [2.75, 3.05) is 45.1 Å². The molecular formula is C22H31N5O3. The van der Waals surface area contributed by atoms with Crippen molar-refractivity contribution in [2.45, 2.75) is 44.8 Å². The molecule has 3 aliphatic heterocycles. The lowest BCUT2D eigenvalue weighted by Gasteiger charge is -2.40. The van der Waals surface area contributed by atoms with Gasteiger partial charge in [0.15, 0.2) is 0 Å². The fourth-order valence-electron chi connectivity index (χ4n) is 4.64. The molecule has 2 fully saturated rings. The highest BCUT2D eigenvalue weighted by atomic mass is 16.2. The van der Waals surface area contributed by atoms with Gasteiger partial charge < -0.3 is 25.3 Å². The summed E-state index contributed by atoms with van der Waals surface area (Å²) in [5.41, 5.74) is 1.83. The van der Waals surface area contributed by atoms with Gasteiger partial charge in [-0.25, -0.2) is 0 Å². The van der Waals surface area contributed by atoms with Crippen LogP contribution in [0.4, 0.5) is 5.69 Å². The van der Waals surface area contributed by atoms with E-state index in [9.17, 15) is 14.4 Å². The predicted molar refractivity (Wildman–Crippen MR) is 114 cm³/mol. The van der Waals surface area contributed by atoms with Gasteiger partial charge in [-0.15, -0.1) is 0 Å². The highest BCUT2D eigenvalue weighted by Crippen LogP contribution is 2.32. The minimum Gasteiger partial charge on any atom is -0.362 e. The summed E-state index contributed by atoms with van der Waals surface area (Å²) in [5, 5.41) is 6.58. The van der Waals surface area contributed by atoms with Crippen molar-refractivity contribution in [2.24, 2.45) is 0 Å². The molecule has 0 aliphatic carbocycles. The summed E-state index contributed by atoms with van der Waals surface area (Å²) in [7, 11) is 2.05. The van der Waals surface area contributed by atoms with Gasteiger partial charge in [-0.05, 0) is 45.0 Å². The first kappa shape index (κ1) is 20.7. The van der Waals surface area contributed by atoms with Crippen molar-refractivity contribution in [3.05, 3.63) is 29.3 Å². The van der Waals surface area contributed by atoms with E-state index in [2.05, 4.69) is 15.5 Å². The van der Waals surface area contributed by atoms with Gasteiger partial charge in [-0.2, -0.15) is 0 Å². The van der Waals surface area contributed by atoms with Gasteiger partial charge in [0.05, 0.1) is 5.56 Å². The summed E-state index contributed by atoms with van der Waals surface area (Å²) in [6.07, 6.45) is 1.34. The van der Waals surface area contributed by atoms with Crippen LogP contribution in [0.1, 0.15) is 42.1 Å². The van der Waals surface area contributed by atoms with Gasteiger partial charge in [-0.1, -0.05) is 6.07 Å². The topological polar surface area (TPSA) is 85.0 Å². The van der Waals surface area contributed by atoms with Crippen LogP contribution in [0.2, 0.25) is 0 Å². The van der Waals surface area contributed by atoms with Gasteiger partial charge >= 0.3 is 0 Å². The lowest BCUT2D eigenvalue weighted by Crippen LogP contribution is -2.58. The predicted octanol–water partition coefficient (Wildman–Crippen LogP) is 1.02. The first-order chi connectivity index (χ1) is 14.3. The molecule has 8 heteroatoms. The molecule has 1 aromatic carbocycles. The Morgan fingerprint density at radius 1 is 1.07 bits per heavy atom. The number of nitrogens with zero attached hydrogens (tertiary/aromatic N) is 3. The Bertz CT molecular complexity index is 864. The normalized spacial score (nSPS) is 26.0. The molecule has 0 saturated carbocycles. The second-order valence-electron chi connectivity index (χ2n) is 8.85. The molecule has 1 spiro atoms. The lowest BCUT2D eigenvalue weighted by molar-refractivity contribution is -0.145. The third kappa shape index (κ3) is 3.88. The zero-order valence-corrected chi connectivity index (χ0v) is 18.0. The van der Waals surface area contributed by atoms with E-state index in [-0.39, 0.29) is 24.1 Å². The number of aryl methyl sites for hydroxylation is 1. The zero-order chi connectivity index (χ0) is 21.5. The number of carbonyl (C=O) groups excluding carboxylic acids is 3. The van der Waals surface area contributed by atoms with E-state index in [0.29, 0.717) is 38.0 Å². The van der Waals surface area contributed by atoms with E-state index >= 15 is 0 Å². The van der Waals surface area contributed by atoms with E-state index in [0.717, 1.165) is 24.3 Å². The number of rotatable bonds is 2. The fraction of sp³-hybridized carbons (Fsp3) is 0.591. The van der Waals surface area contributed by atoms with Gasteiger partial charge in [0.2, 0.25) is 11.8 Å². The van der Waals surface area contributed by atoms with Crippen LogP contribution in [-0.2, 0) is 9.59 Å². The lowest BCUT2D eigenvalue weighted by atomic mass is 9.94. The molecule has 0 radical (unpaired) electrons. The second-order valence-corrected chi connectivity index (χ2v) is 8.85. The highest BCUT2D eigenvalue weighted by Gasteiger charge is 2.42. The molecule has 162 valence electrons. The Kier molecular flexibility index (Phi) is 5.44. The number of anilines is 1. The van der Waals surface area contributed by atoms with Crippen LogP contribution in [-0.4, -0.2) is 83.9 Å². The summed E-state index contributed by atoms with van der Waals surface area (Å²) in [6.45, 7) is 7.33. The van der Waals surface area contributed by atoms with Crippen LogP contribution in [0.5, 0.6) is 0 Å². The van der Waals surface area contributed by atoms with Crippen molar-refractivity contribution >= 4 is 23.4 Å². The summed E-state index contributed by atoms with van der Waals surface area (Å²) < 4.78 is 0. The molecule has 2 saturated heterocycles. The monoisotopic (exact) mass is 413 g/mol. The Hall–Kier alpha value is -2.61. The van der Waals surface area contributed by atoms with Gasteiger partial charge in [-0.3, -0.25) is 14.4 Å². The second kappa shape index (κ2) is 7.91. The number of amides is 3. The third-order valence-corrected chi connectivity index (χ3v) is 6.65. The van der Waals surface area contributed by atoms with Crippen LogP contribution in [0.15, 0.2) is 18.2 Å². The first-order valence-corrected chi connectivity index (χ1v) is 10.8. The molecule has 0 unspecified atom stereocenters. The molecule has 8 nitrogen and oxygen atoms in total. The molecule has 3 heterocycles. The number of fused-ring (bicyclic) bond motifs is 1. The highest BCUT2D eigenvalue weighted by molar-refractivity contribution is 6.02. The molecule has 0 bridgehead atoms. The average Bonchev–Trinajstić information content (AvgIpc) is 2.86. The van der Waals surface area contributed by atoms with Crippen molar-refractivity contribution in [1.29, 1.82) is 0 Å². The zero-order valence-electron chi connectivity index (χ0n) is 18.0. The molecule has 2 atom stereocenters. The van der Waals surface area contributed by atoms with E-state index in [1.54, 1.807) is 4.90 Å². The van der Waals surface area contributed by atoms with Crippen LogP contribution in [0.25, 0.3) is 0 Å². The van der Waals surface area contributed by atoms with Gasteiger partial charge in [0, 0.05) is 51.3 Å². The number of likely N-dealkylation sites (N-methyl/N-ethyl adjacent to an activating group) is 1. The van der Waals surface area contributed by atoms with E-state index in [1.807, 2.05) is 44.0 Å². The first-order valence-electron chi connectivity index (χ1n) is 10.8. The number of hydrogen-bond donors (Lipinski definition) is 2. The molecule has 1 aromatic rings. The molecular weight excluding hydrogens is 382 g/mol. The van der Waals surface area contributed by atoms with Crippen molar-refractivity contribution in [3.63, 3.8) is 0 Å². The summed E-state index contributed by atoms with van der Waals surface area (Å²) in [6, 6.07) is 5.22. The summed E-state index contributed by atoms with van der Waals surface area (Å²) in [4.78, 5) is 44.4. The van der Waals surface area contributed by atoms with Crippen molar-refractivity contribution in [3.8, 4) is 0 Å². The molecule has 30 heavy (non-hydrogen) atoms. The van der Waals surface area contributed by atoms with Gasteiger partial charge in [0.1, 0.15) is 11.7 Å². The smallest absolute Gasteiger partial charge is 0.255 e. The number of nitrogens with one attached hydrogen (secondary N) is 2. The van der Waals surface area contributed by atoms with Crippen LogP contribution >= 0.6 is 0 Å². The fourth-order valence-corrected chi connectivity index (χ4v) is 4.64. The maximum Gasteiger partial charge on any atom is 0.255 e. The Morgan fingerprint density at radius 2 is 1.80 bits per heavy atom. The van der Waals surface area contributed by atoms with Crippen LogP contribution in [0, 0.1) is 6.92 Å². The van der Waals surface area contributed by atoms with Gasteiger partial charge in [0.25, 0.3) is 5.91 Å². The van der Waals surface area contributed by atoms with E-state index in [1.165, 1.54) is 0 Å². The molecule has 3 aliphatic rings. The number of hydrogen-bond acceptors (Lipinski definition) is 5. The maximum atomic E-state index is 13.0.